The molecule has 0 spiro atoms. The quantitative estimate of drug-likeness (QED) is 0.460. The monoisotopic (exact) mass is 338 g/mol. The van der Waals surface area contributed by atoms with Gasteiger partial charge in [-0.05, 0) is 23.3 Å². The predicted octanol–water partition coefficient (Wildman–Crippen LogP) is 1.91. The fraction of sp³-hybridized carbons (Fsp3) is 0.211. The fourth-order valence-electron chi connectivity index (χ4n) is 2.08. The average Bonchev–Trinajstić information content (AvgIpc) is 2.61. The first-order valence-electron chi connectivity index (χ1n) is 7.94. The van der Waals surface area contributed by atoms with Crippen LogP contribution in [-0.4, -0.2) is 32.1 Å². The lowest BCUT2D eigenvalue weighted by Gasteiger charge is -2.11. The lowest BCUT2D eigenvalue weighted by Crippen LogP contribution is -2.29. The van der Waals surface area contributed by atoms with Gasteiger partial charge in [0.2, 0.25) is 11.8 Å². The van der Waals surface area contributed by atoms with E-state index >= 15 is 0 Å². The van der Waals surface area contributed by atoms with Crippen LogP contribution in [-0.2, 0) is 16.1 Å². The number of hydrogen-bond donors (Lipinski definition) is 2. The van der Waals surface area contributed by atoms with E-state index < -0.39 is 5.91 Å². The Bertz CT molecular complexity index is 725. The van der Waals surface area contributed by atoms with Crippen molar-refractivity contribution in [3.63, 3.8) is 0 Å². The second-order valence-electron chi connectivity index (χ2n) is 5.72. The number of amides is 2. The highest BCUT2D eigenvalue weighted by Gasteiger charge is 2.08. The van der Waals surface area contributed by atoms with E-state index in [9.17, 15) is 9.59 Å². The summed E-state index contributed by atoms with van der Waals surface area (Å²) in [4.78, 5) is 25.4. The molecule has 0 fully saturated rings. The number of nitrogens with zero attached hydrogens (tertiary/aromatic N) is 2. The van der Waals surface area contributed by atoms with Crippen molar-refractivity contribution in [1.29, 1.82) is 0 Å². The summed E-state index contributed by atoms with van der Waals surface area (Å²) in [7, 11) is 3.93. The zero-order valence-electron chi connectivity index (χ0n) is 14.4. The number of hydrazone groups is 1. The molecule has 2 aromatic rings. The summed E-state index contributed by atoms with van der Waals surface area (Å²) < 4.78 is 0. The SMILES string of the molecule is CN(C)c1ccc(/C=N/NC(=O)CC(=O)NCc2ccccc2)cc1. The van der Waals surface area contributed by atoms with Gasteiger partial charge in [0.15, 0.2) is 0 Å². The molecule has 0 aromatic heterocycles. The molecular weight excluding hydrogens is 316 g/mol. The van der Waals surface area contributed by atoms with E-state index in [0.717, 1.165) is 16.8 Å². The highest BCUT2D eigenvalue weighted by molar-refractivity contribution is 5.97. The molecule has 0 aliphatic rings. The van der Waals surface area contributed by atoms with Crippen LogP contribution in [0, 0.1) is 0 Å². The molecule has 0 unspecified atom stereocenters. The maximum absolute atomic E-state index is 11.7. The Labute approximate surface area is 147 Å². The summed E-state index contributed by atoms with van der Waals surface area (Å²) in [5.74, 6) is -0.793. The molecule has 0 radical (unpaired) electrons. The van der Waals surface area contributed by atoms with Crippen molar-refractivity contribution in [2.75, 3.05) is 19.0 Å². The van der Waals surface area contributed by atoms with Crippen LogP contribution in [0.25, 0.3) is 0 Å². The van der Waals surface area contributed by atoms with Gasteiger partial charge in [0.05, 0.1) is 6.21 Å². The van der Waals surface area contributed by atoms with Crippen LogP contribution in [0.2, 0.25) is 0 Å². The molecule has 2 aromatic carbocycles. The fourth-order valence-corrected chi connectivity index (χ4v) is 2.08. The minimum atomic E-state index is -0.452. The second kappa shape index (κ2) is 9.22. The third-order valence-electron chi connectivity index (χ3n) is 3.47. The molecule has 6 nitrogen and oxygen atoms in total. The van der Waals surface area contributed by atoms with Crippen molar-refractivity contribution < 1.29 is 9.59 Å². The molecule has 0 saturated carbocycles. The summed E-state index contributed by atoms with van der Waals surface area (Å²) in [6.45, 7) is 0.397. The molecule has 2 amide bonds. The van der Waals surface area contributed by atoms with E-state index in [0.29, 0.717) is 6.54 Å². The van der Waals surface area contributed by atoms with E-state index in [2.05, 4.69) is 15.8 Å². The van der Waals surface area contributed by atoms with Gasteiger partial charge < -0.3 is 10.2 Å². The van der Waals surface area contributed by atoms with Crippen molar-refractivity contribution in [2.24, 2.45) is 5.10 Å². The molecule has 0 bridgehead atoms. The van der Waals surface area contributed by atoms with Gasteiger partial charge in [-0.3, -0.25) is 9.59 Å². The number of carbonyl (C=O) groups excluding carboxylic acids is 2. The summed E-state index contributed by atoms with van der Waals surface area (Å²) in [5, 5.41) is 6.57. The van der Waals surface area contributed by atoms with Crippen LogP contribution in [0.1, 0.15) is 17.5 Å². The molecule has 0 aliphatic carbocycles. The molecule has 0 atom stereocenters. The molecule has 0 saturated heterocycles. The number of hydrogen-bond acceptors (Lipinski definition) is 4. The van der Waals surface area contributed by atoms with Crippen molar-refractivity contribution in [3.05, 3.63) is 65.7 Å². The zero-order chi connectivity index (χ0) is 18.1. The third kappa shape index (κ3) is 6.47. The van der Waals surface area contributed by atoms with E-state index in [-0.39, 0.29) is 12.3 Å². The largest absolute Gasteiger partial charge is 0.378 e. The van der Waals surface area contributed by atoms with Gasteiger partial charge in [-0.25, -0.2) is 5.43 Å². The molecule has 0 heterocycles. The van der Waals surface area contributed by atoms with Gasteiger partial charge in [-0.2, -0.15) is 5.10 Å². The van der Waals surface area contributed by atoms with Gasteiger partial charge in [0.25, 0.3) is 0 Å². The summed E-state index contributed by atoms with van der Waals surface area (Å²) in [5.41, 5.74) is 5.28. The Morgan fingerprint density at radius 2 is 1.68 bits per heavy atom. The molecule has 2 rings (SSSR count). The lowest BCUT2D eigenvalue weighted by atomic mass is 10.2. The van der Waals surface area contributed by atoms with Crippen molar-refractivity contribution in [1.82, 2.24) is 10.7 Å². The summed E-state index contributed by atoms with van der Waals surface area (Å²) >= 11 is 0. The first kappa shape index (κ1) is 18.2. The smallest absolute Gasteiger partial charge is 0.249 e. The van der Waals surface area contributed by atoms with Crippen LogP contribution < -0.4 is 15.6 Å². The first-order chi connectivity index (χ1) is 12.0. The van der Waals surface area contributed by atoms with Gasteiger partial charge in [-0.1, -0.05) is 42.5 Å². The molecule has 6 heteroatoms. The maximum atomic E-state index is 11.7. The minimum Gasteiger partial charge on any atom is -0.378 e. The number of benzene rings is 2. The highest BCUT2D eigenvalue weighted by atomic mass is 16.2. The third-order valence-corrected chi connectivity index (χ3v) is 3.47. The number of rotatable bonds is 7. The normalized spacial score (nSPS) is 10.5. The second-order valence-corrected chi connectivity index (χ2v) is 5.72. The Kier molecular flexibility index (Phi) is 6.71. The summed E-state index contributed by atoms with van der Waals surface area (Å²) in [6.07, 6.45) is 1.28. The minimum absolute atomic E-state index is 0.260. The van der Waals surface area contributed by atoms with Gasteiger partial charge >= 0.3 is 0 Å². The van der Waals surface area contributed by atoms with E-state index in [1.165, 1.54) is 0 Å². The average molecular weight is 338 g/mol. The van der Waals surface area contributed by atoms with Crippen LogP contribution in [0.3, 0.4) is 0 Å². The lowest BCUT2D eigenvalue weighted by molar-refractivity contribution is -0.129. The highest BCUT2D eigenvalue weighted by Crippen LogP contribution is 2.10. The Hall–Kier alpha value is -3.15. The standard InChI is InChI=1S/C19H22N4O2/c1-23(2)17-10-8-16(9-11-17)14-21-22-19(25)12-18(24)20-13-15-6-4-3-5-7-15/h3-11,14H,12-13H2,1-2H3,(H,20,24)(H,22,25)/b21-14+. The van der Waals surface area contributed by atoms with Crippen LogP contribution in [0.15, 0.2) is 59.7 Å². The van der Waals surface area contributed by atoms with Crippen molar-refractivity contribution in [2.45, 2.75) is 13.0 Å². The summed E-state index contributed by atoms with van der Waals surface area (Å²) in [6, 6.07) is 17.2. The maximum Gasteiger partial charge on any atom is 0.249 e. The number of anilines is 1. The Morgan fingerprint density at radius 3 is 2.32 bits per heavy atom. The predicted molar refractivity (Wildman–Crippen MR) is 99.4 cm³/mol. The first-order valence-corrected chi connectivity index (χ1v) is 7.94. The topological polar surface area (TPSA) is 73.8 Å². The van der Waals surface area contributed by atoms with Gasteiger partial charge in [0.1, 0.15) is 6.42 Å². The van der Waals surface area contributed by atoms with Crippen LogP contribution in [0.4, 0.5) is 5.69 Å². The van der Waals surface area contributed by atoms with E-state index in [4.69, 9.17) is 0 Å². The van der Waals surface area contributed by atoms with Crippen LogP contribution >= 0.6 is 0 Å². The molecule has 0 aliphatic heterocycles. The van der Waals surface area contributed by atoms with E-state index in [1.54, 1.807) is 6.21 Å². The van der Waals surface area contributed by atoms with Crippen molar-refractivity contribution >= 4 is 23.7 Å². The molecule has 25 heavy (non-hydrogen) atoms. The molecular formula is C19H22N4O2. The van der Waals surface area contributed by atoms with Gasteiger partial charge in [-0.15, -0.1) is 0 Å². The zero-order valence-corrected chi connectivity index (χ0v) is 14.4. The van der Waals surface area contributed by atoms with Gasteiger partial charge in [0, 0.05) is 26.3 Å². The van der Waals surface area contributed by atoms with Crippen molar-refractivity contribution in [3.8, 4) is 0 Å². The Balaban J connectivity index is 1.73. The Morgan fingerprint density at radius 1 is 1.00 bits per heavy atom. The number of nitrogens with one attached hydrogen (secondary N) is 2. The number of carbonyl (C=O) groups is 2. The molecule has 130 valence electrons. The van der Waals surface area contributed by atoms with Crippen LogP contribution in [0.5, 0.6) is 0 Å². The van der Waals surface area contributed by atoms with E-state index in [1.807, 2.05) is 73.6 Å². The molecule has 2 N–H and O–H groups in total.